The van der Waals surface area contributed by atoms with Gasteiger partial charge in [0.1, 0.15) is 18.5 Å². The predicted molar refractivity (Wildman–Crippen MR) is 97.9 cm³/mol. The van der Waals surface area contributed by atoms with Crippen molar-refractivity contribution >= 4 is 10.8 Å². The first kappa shape index (κ1) is 16.1. The van der Waals surface area contributed by atoms with Crippen LogP contribution in [-0.2, 0) is 0 Å². The monoisotopic (exact) mass is 337 g/mol. The quantitative estimate of drug-likeness (QED) is 0.751. The van der Waals surface area contributed by atoms with Gasteiger partial charge in [0, 0.05) is 25.8 Å². The number of aliphatic hydroxyl groups is 1. The van der Waals surface area contributed by atoms with Gasteiger partial charge in [-0.2, -0.15) is 5.10 Å². The van der Waals surface area contributed by atoms with Gasteiger partial charge in [0.15, 0.2) is 0 Å². The summed E-state index contributed by atoms with van der Waals surface area (Å²) in [4.78, 5) is 2.23. The van der Waals surface area contributed by atoms with Crippen LogP contribution < -0.4 is 4.74 Å². The van der Waals surface area contributed by atoms with Crippen LogP contribution in [0.3, 0.4) is 0 Å². The average Bonchev–Trinajstić information content (AvgIpc) is 3.01. The molecule has 4 rings (SSSR count). The first-order chi connectivity index (χ1) is 12.2. The van der Waals surface area contributed by atoms with Crippen molar-refractivity contribution in [2.45, 2.75) is 19.1 Å². The molecular formula is C20H23N3O2. The maximum atomic E-state index is 10.2. The third-order valence-corrected chi connectivity index (χ3v) is 4.67. The second kappa shape index (κ2) is 6.86. The fourth-order valence-electron chi connectivity index (χ4n) is 3.29. The lowest BCUT2D eigenvalue weighted by Crippen LogP contribution is -2.51. The summed E-state index contributed by atoms with van der Waals surface area (Å²) in [5.74, 6) is 0.797. The van der Waals surface area contributed by atoms with Crippen LogP contribution >= 0.6 is 0 Å². The molecule has 3 aromatic rings. The molecule has 2 heterocycles. The molecule has 1 saturated heterocycles. The number of likely N-dealkylation sites (tertiary alicyclic amines) is 1. The molecule has 0 radical (unpaired) electrons. The zero-order valence-corrected chi connectivity index (χ0v) is 14.4. The highest BCUT2D eigenvalue weighted by Gasteiger charge is 2.29. The molecule has 2 aromatic carbocycles. The van der Waals surface area contributed by atoms with Crippen molar-refractivity contribution in [2.24, 2.45) is 0 Å². The number of rotatable bonds is 6. The van der Waals surface area contributed by atoms with Crippen LogP contribution in [0.15, 0.2) is 54.9 Å². The van der Waals surface area contributed by atoms with Crippen LogP contribution in [0.4, 0.5) is 0 Å². The molecule has 0 spiro atoms. The van der Waals surface area contributed by atoms with E-state index in [9.17, 15) is 5.11 Å². The molecule has 1 aromatic heterocycles. The van der Waals surface area contributed by atoms with Gasteiger partial charge in [0.25, 0.3) is 0 Å². The summed E-state index contributed by atoms with van der Waals surface area (Å²) in [6.07, 6.45) is 3.46. The molecule has 1 fully saturated rings. The third-order valence-electron chi connectivity index (χ3n) is 4.67. The summed E-state index contributed by atoms with van der Waals surface area (Å²) in [6, 6.07) is 14.6. The van der Waals surface area contributed by atoms with Gasteiger partial charge in [0.2, 0.25) is 0 Å². The van der Waals surface area contributed by atoms with Gasteiger partial charge in [-0.1, -0.05) is 30.3 Å². The zero-order valence-electron chi connectivity index (χ0n) is 14.4. The lowest BCUT2D eigenvalue weighted by Gasteiger charge is -2.40. The van der Waals surface area contributed by atoms with Crippen molar-refractivity contribution in [1.29, 1.82) is 0 Å². The molecule has 130 valence electrons. The average molecular weight is 337 g/mol. The molecule has 1 unspecified atom stereocenters. The van der Waals surface area contributed by atoms with Gasteiger partial charge in [-0.15, -0.1) is 0 Å². The minimum absolute atomic E-state index is 0.306. The van der Waals surface area contributed by atoms with E-state index in [0.29, 0.717) is 19.2 Å². The molecule has 1 aliphatic rings. The lowest BCUT2D eigenvalue weighted by atomic mass is 10.1. The van der Waals surface area contributed by atoms with E-state index in [1.54, 1.807) is 0 Å². The summed E-state index contributed by atoms with van der Waals surface area (Å²) in [7, 11) is 0. The van der Waals surface area contributed by atoms with Gasteiger partial charge in [-0.3, -0.25) is 9.58 Å². The molecule has 1 atom stereocenters. The summed E-state index contributed by atoms with van der Waals surface area (Å²) >= 11 is 0. The van der Waals surface area contributed by atoms with Crippen molar-refractivity contribution in [3.63, 3.8) is 0 Å². The fraction of sp³-hybridized carbons (Fsp3) is 0.350. The number of nitrogens with zero attached hydrogens (tertiary/aromatic N) is 3. The number of aryl methyl sites for hydroxylation is 1. The van der Waals surface area contributed by atoms with Crippen molar-refractivity contribution < 1.29 is 9.84 Å². The Kier molecular flexibility index (Phi) is 4.42. The van der Waals surface area contributed by atoms with E-state index >= 15 is 0 Å². The highest BCUT2D eigenvalue weighted by atomic mass is 16.5. The molecule has 5 nitrogen and oxygen atoms in total. The summed E-state index contributed by atoms with van der Waals surface area (Å²) < 4.78 is 7.78. The molecule has 1 N–H and O–H groups in total. The number of benzene rings is 2. The first-order valence-electron chi connectivity index (χ1n) is 8.70. The fourth-order valence-corrected chi connectivity index (χ4v) is 3.29. The van der Waals surface area contributed by atoms with Gasteiger partial charge in [0.05, 0.1) is 12.2 Å². The second-order valence-corrected chi connectivity index (χ2v) is 6.84. The molecule has 0 aliphatic carbocycles. The Morgan fingerprint density at radius 2 is 2.00 bits per heavy atom. The molecule has 5 heteroatoms. The van der Waals surface area contributed by atoms with Crippen LogP contribution in [-0.4, -0.2) is 52.1 Å². The largest absolute Gasteiger partial charge is 0.491 e. The Balaban J connectivity index is 1.24. The Bertz CT molecular complexity index is 855. The lowest BCUT2D eigenvalue weighted by molar-refractivity contribution is 0.0205. The smallest absolute Gasteiger partial charge is 0.120 e. The highest BCUT2D eigenvalue weighted by molar-refractivity contribution is 5.83. The van der Waals surface area contributed by atoms with Crippen molar-refractivity contribution in [1.82, 2.24) is 14.7 Å². The minimum atomic E-state index is -0.494. The van der Waals surface area contributed by atoms with Crippen molar-refractivity contribution in [3.8, 4) is 5.75 Å². The zero-order chi connectivity index (χ0) is 17.2. The SMILES string of the molecule is Cc1cnn(C2CN(CC(O)COc3ccc4ccccc4c3)C2)c1. The normalized spacial score (nSPS) is 16.7. The van der Waals surface area contributed by atoms with E-state index in [1.165, 1.54) is 10.9 Å². The highest BCUT2D eigenvalue weighted by Crippen LogP contribution is 2.22. The standard InChI is InChI=1S/C20H23N3O2/c1-15-9-21-23(10-15)18-11-22(12-18)13-19(24)14-25-20-7-6-16-4-2-3-5-17(16)8-20/h2-10,18-19,24H,11-14H2,1H3. The number of hydrogen-bond acceptors (Lipinski definition) is 4. The summed E-state index contributed by atoms with van der Waals surface area (Å²) in [5, 5.41) is 16.9. The Morgan fingerprint density at radius 1 is 1.20 bits per heavy atom. The maximum Gasteiger partial charge on any atom is 0.120 e. The third kappa shape index (κ3) is 3.67. The van der Waals surface area contributed by atoms with E-state index in [-0.39, 0.29) is 0 Å². The Labute approximate surface area is 147 Å². The van der Waals surface area contributed by atoms with E-state index in [2.05, 4.69) is 28.3 Å². The van der Waals surface area contributed by atoms with Crippen LogP contribution in [0.5, 0.6) is 5.75 Å². The minimum Gasteiger partial charge on any atom is -0.491 e. The number of aromatic nitrogens is 2. The molecule has 0 bridgehead atoms. The van der Waals surface area contributed by atoms with E-state index < -0.39 is 6.10 Å². The van der Waals surface area contributed by atoms with Gasteiger partial charge >= 0.3 is 0 Å². The second-order valence-electron chi connectivity index (χ2n) is 6.84. The number of ether oxygens (including phenoxy) is 1. The molecular weight excluding hydrogens is 314 g/mol. The predicted octanol–water partition coefficient (Wildman–Crippen LogP) is 2.64. The summed E-state index contributed by atoms with van der Waals surface area (Å²) in [5.41, 5.74) is 1.18. The van der Waals surface area contributed by atoms with E-state index in [1.807, 2.05) is 48.1 Å². The number of aliphatic hydroxyl groups excluding tert-OH is 1. The Hall–Kier alpha value is -2.37. The maximum absolute atomic E-state index is 10.2. The number of fused-ring (bicyclic) bond motifs is 1. The molecule has 25 heavy (non-hydrogen) atoms. The van der Waals surface area contributed by atoms with Gasteiger partial charge in [-0.25, -0.2) is 0 Å². The summed E-state index contributed by atoms with van der Waals surface area (Å²) in [6.45, 7) is 4.83. The van der Waals surface area contributed by atoms with E-state index in [0.717, 1.165) is 24.2 Å². The van der Waals surface area contributed by atoms with Crippen molar-refractivity contribution in [3.05, 3.63) is 60.4 Å². The van der Waals surface area contributed by atoms with Gasteiger partial charge in [-0.05, 0) is 35.4 Å². The van der Waals surface area contributed by atoms with Crippen LogP contribution in [0.2, 0.25) is 0 Å². The molecule has 0 amide bonds. The Morgan fingerprint density at radius 3 is 2.76 bits per heavy atom. The van der Waals surface area contributed by atoms with Crippen LogP contribution in [0, 0.1) is 6.92 Å². The van der Waals surface area contributed by atoms with E-state index in [4.69, 9.17) is 4.74 Å². The molecule has 1 aliphatic heterocycles. The molecule has 0 saturated carbocycles. The van der Waals surface area contributed by atoms with Crippen LogP contribution in [0.1, 0.15) is 11.6 Å². The van der Waals surface area contributed by atoms with Crippen molar-refractivity contribution in [2.75, 3.05) is 26.2 Å². The van der Waals surface area contributed by atoms with Gasteiger partial charge < -0.3 is 9.84 Å². The first-order valence-corrected chi connectivity index (χ1v) is 8.70. The van der Waals surface area contributed by atoms with Crippen LogP contribution in [0.25, 0.3) is 10.8 Å². The number of β-amino-alcohol motifs (C(OH)–C–C–N with tert-alkyl or cyclic N) is 1. The topological polar surface area (TPSA) is 50.5 Å². The number of hydrogen-bond donors (Lipinski definition) is 1.